The molecular formula is C19H19N7. The van der Waals surface area contributed by atoms with Crippen molar-refractivity contribution in [1.82, 2.24) is 30.2 Å². The SMILES string of the molecule is CN(Cc1ncc[nH]1)c1nc(-c2c[nH]c3ccccc23)nc2c1CNC2. The van der Waals surface area contributed by atoms with Crippen LogP contribution in [-0.4, -0.2) is 32.0 Å². The van der Waals surface area contributed by atoms with E-state index in [9.17, 15) is 0 Å². The molecule has 1 aromatic carbocycles. The average Bonchev–Trinajstić information content (AvgIpc) is 3.40. The van der Waals surface area contributed by atoms with E-state index in [4.69, 9.17) is 9.97 Å². The van der Waals surface area contributed by atoms with Crippen LogP contribution in [0.1, 0.15) is 17.1 Å². The van der Waals surface area contributed by atoms with E-state index in [2.05, 4.69) is 37.3 Å². The molecule has 3 aromatic heterocycles. The maximum Gasteiger partial charge on any atom is 0.163 e. The fourth-order valence-electron chi connectivity index (χ4n) is 3.53. The number of para-hydroxylation sites is 1. The molecule has 130 valence electrons. The standard InChI is InChI=1S/C19H19N7/c1-26(11-17-21-6-7-22-17)19-14-8-20-10-16(14)24-18(25-19)13-9-23-15-5-3-2-4-12(13)15/h2-7,9,20,23H,8,10-11H2,1H3,(H,21,22). The lowest BCUT2D eigenvalue weighted by Gasteiger charge is -2.20. The molecule has 0 saturated heterocycles. The van der Waals surface area contributed by atoms with Gasteiger partial charge in [-0.3, -0.25) is 0 Å². The Balaban J connectivity index is 1.61. The smallest absolute Gasteiger partial charge is 0.163 e. The number of nitrogens with one attached hydrogen (secondary N) is 3. The molecule has 0 atom stereocenters. The molecular weight excluding hydrogens is 326 g/mol. The molecule has 0 radical (unpaired) electrons. The van der Waals surface area contributed by atoms with E-state index in [1.165, 1.54) is 5.56 Å². The highest BCUT2D eigenvalue weighted by molar-refractivity contribution is 5.93. The topological polar surface area (TPSA) is 85.5 Å². The van der Waals surface area contributed by atoms with Gasteiger partial charge in [0.05, 0.1) is 12.2 Å². The summed E-state index contributed by atoms with van der Waals surface area (Å²) in [6.45, 7) is 2.24. The lowest BCUT2D eigenvalue weighted by molar-refractivity contribution is 0.755. The number of aromatic amines is 2. The van der Waals surface area contributed by atoms with E-state index in [1.807, 2.05) is 31.6 Å². The molecule has 0 spiro atoms. The minimum absolute atomic E-state index is 0.670. The second-order valence-corrected chi connectivity index (χ2v) is 6.54. The zero-order valence-corrected chi connectivity index (χ0v) is 14.5. The minimum Gasteiger partial charge on any atom is -0.360 e. The van der Waals surface area contributed by atoms with Gasteiger partial charge in [0.25, 0.3) is 0 Å². The molecule has 0 fully saturated rings. The zero-order chi connectivity index (χ0) is 17.5. The van der Waals surface area contributed by atoms with Crippen molar-refractivity contribution in [2.75, 3.05) is 11.9 Å². The third-order valence-electron chi connectivity index (χ3n) is 4.80. The van der Waals surface area contributed by atoms with Gasteiger partial charge < -0.3 is 20.2 Å². The van der Waals surface area contributed by atoms with Crippen LogP contribution in [-0.2, 0) is 19.6 Å². The van der Waals surface area contributed by atoms with Crippen molar-refractivity contribution >= 4 is 16.7 Å². The summed E-state index contributed by atoms with van der Waals surface area (Å²) < 4.78 is 0. The first-order chi connectivity index (χ1) is 12.8. The van der Waals surface area contributed by atoms with E-state index in [0.29, 0.717) is 6.54 Å². The van der Waals surface area contributed by atoms with Crippen LogP contribution in [0.25, 0.3) is 22.3 Å². The number of imidazole rings is 1. The van der Waals surface area contributed by atoms with Crippen LogP contribution in [0.4, 0.5) is 5.82 Å². The Kier molecular flexibility index (Phi) is 3.46. The predicted octanol–water partition coefficient (Wildman–Crippen LogP) is 2.59. The Morgan fingerprint density at radius 3 is 2.92 bits per heavy atom. The maximum absolute atomic E-state index is 4.93. The van der Waals surface area contributed by atoms with Gasteiger partial charge in [0.2, 0.25) is 0 Å². The summed E-state index contributed by atoms with van der Waals surface area (Å²) >= 11 is 0. The molecule has 0 unspecified atom stereocenters. The fraction of sp³-hybridized carbons (Fsp3) is 0.211. The van der Waals surface area contributed by atoms with E-state index in [1.54, 1.807) is 6.20 Å². The summed E-state index contributed by atoms with van der Waals surface area (Å²) in [5, 5.41) is 4.53. The highest BCUT2D eigenvalue weighted by atomic mass is 15.2. The van der Waals surface area contributed by atoms with Gasteiger partial charge in [-0.1, -0.05) is 18.2 Å². The van der Waals surface area contributed by atoms with Gasteiger partial charge in [-0.2, -0.15) is 0 Å². The van der Waals surface area contributed by atoms with E-state index in [-0.39, 0.29) is 0 Å². The Morgan fingerprint density at radius 1 is 1.12 bits per heavy atom. The predicted molar refractivity (Wildman–Crippen MR) is 101 cm³/mol. The van der Waals surface area contributed by atoms with Crippen molar-refractivity contribution in [2.45, 2.75) is 19.6 Å². The molecule has 7 nitrogen and oxygen atoms in total. The van der Waals surface area contributed by atoms with Crippen LogP contribution in [0.3, 0.4) is 0 Å². The number of aromatic nitrogens is 5. The molecule has 4 aromatic rings. The van der Waals surface area contributed by atoms with Crippen LogP contribution >= 0.6 is 0 Å². The Labute approximate surface area is 150 Å². The summed E-state index contributed by atoms with van der Waals surface area (Å²) in [5.74, 6) is 2.63. The number of benzene rings is 1. The molecule has 3 N–H and O–H groups in total. The number of nitrogens with zero attached hydrogens (tertiary/aromatic N) is 4. The number of fused-ring (bicyclic) bond motifs is 2. The van der Waals surface area contributed by atoms with Gasteiger partial charge >= 0.3 is 0 Å². The van der Waals surface area contributed by atoms with E-state index >= 15 is 0 Å². The monoisotopic (exact) mass is 345 g/mol. The Morgan fingerprint density at radius 2 is 2.04 bits per heavy atom. The second-order valence-electron chi connectivity index (χ2n) is 6.54. The molecule has 1 aliphatic rings. The molecule has 4 heterocycles. The molecule has 1 aliphatic heterocycles. The molecule has 0 amide bonds. The van der Waals surface area contributed by atoms with Gasteiger partial charge in [-0.05, 0) is 6.07 Å². The molecule has 26 heavy (non-hydrogen) atoms. The van der Waals surface area contributed by atoms with Crippen molar-refractivity contribution in [3.8, 4) is 11.4 Å². The summed E-state index contributed by atoms with van der Waals surface area (Å²) in [4.78, 5) is 22.7. The summed E-state index contributed by atoms with van der Waals surface area (Å²) in [6.07, 6.45) is 5.60. The largest absolute Gasteiger partial charge is 0.360 e. The minimum atomic E-state index is 0.670. The van der Waals surface area contributed by atoms with Crippen LogP contribution in [0, 0.1) is 0 Å². The average molecular weight is 345 g/mol. The molecule has 0 bridgehead atoms. The molecule has 0 aliphatic carbocycles. The van der Waals surface area contributed by atoms with Crippen LogP contribution in [0.2, 0.25) is 0 Å². The zero-order valence-electron chi connectivity index (χ0n) is 14.5. The number of anilines is 1. The summed E-state index contributed by atoms with van der Waals surface area (Å²) in [6, 6.07) is 8.23. The number of H-pyrrole nitrogens is 2. The third kappa shape index (κ3) is 2.44. The molecule has 0 saturated carbocycles. The Hall–Kier alpha value is -3.19. The van der Waals surface area contributed by atoms with Crippen molar-refractivity contribution in [1.29, 1.82) is 0 Å². The van der Waals surface area contributed by atoms with Gasteiger partial charge in [0.1, 0.15) is 11.6 Å². The quantitative estimate of drug-likeness (QED) is 0.529. The highest BCUT2D eigenvalue weighted by Gasteiger charge is 2.23. The highest BCUT2D eigenvalue weighted by Crippen LogP contribution is 2.31. The van der Waals surface area contributed by atoms with Crippen molar-refractivity contribution in [2.24, 2.45) is 0 Å². The Bertz CT molecular complexity index is 1060. The number of hydrogen-bond donors (Lipinski definition) is 3. The second kappa shape index (κ2) is 5.96. The third-order valence-corrected chi connectivity index (χ3v) is 4.80. The molecule has 7 heteroatoms. The molecule has 5 rings (SSSR count). The first kappa shape index (κ1) is 15.1. The van der Waals surface area contributed by atoms with Crippen molar-refractivity contribution in [3.05, 3.63) is 59.9 Å². The van der Waals surface area contributed by atoms with E-state index < -0.39 is 0 Å². The van der Waals surface area contributed by atoms with Gasteiger partial charge in [0.15, 0.2) is 5.82 Å². The van der Waals surface area contributed by atoms with Gasteiger partial charge in [0, 0.05) is 60.8 Å². The number of rotatable bonds is 4. The first-order valence-corrected chi connectivity index (χ1v) is 8.66. The maximum atomic E-state index is 4.93. The lowest BCUT2D eigenvalue weighted by Crippen LogP contribution is -2.21. The first-order valence-electron chi connectivity index (χ1n) is 8.66. The van der Waals surface area contributed by atoms with Crippen LogP contribution in [0.15, 0.2) is 42.9 Å². The van der Waals surface area contributed by atoms with E-state index in [0.717, 1.165) is 52.7 Å². The number of hydrogen-bond acceptors (Lipinski definition) is 5. The van der Waals surface area contributed by atoms with Gasteiger partial charge in [-0.25, -0.2) is 15.0 Å². The van der Waals surface area contributed by atoms with Crippen molar-refractivity contribution < 1.29 is 0 Å². The summed E-state index contributed by atoms with van der Waals surface area (Å²) in [5.41, 5.74) is 4.36. The summed E-state index contributed by atoms with van der Waals surface area (Å²) in [7, 11) is 2.04. The normalized spacial score (nSPS) is 13.3. The lowest BCUT2D eigenvalue weighted by atomic mass is 10.1. The van der Waals surface area contributed by atoms with Gasteiger partial charge in [-0.15, -0.1) is 0 Å². The van der Waals surface area contributed by atoms with Crippen LogP contribution in [0.5, 0.6) is 0 Å². The van der Waals surface area contributed by atoms with Crippen molar-refractivity contribution in [3.63, 3.8) is 0 Å². The fourth-order valence-corrected chi connectivity index (χ4v) is 3.53. The van der Waals surface area contributed by atoms with Crippen LogP contribution < -0.4 is 10.2 Å².